The summed E-state index contributed by atoms with van der Waals surface area (Å²) in [6, 6.07) is 14.4. The number of fused-ring (bicyclic) bond motifs is 2. The number of amides is 1. The molecule has 0 radical (unpaired) electrons. The molecule has 1 aliphatic heterocycles. The molecule has 140 valence electrons. The van der Waals surface area contributed by atoms with Crippen LogP contribution in [0, 0.1) is 0 Å². The van der Waals surface area contributed by atoms with E-state index in [2.05, 4.69) is 28.2 Å². The van der Waals surface area contributed by atoms with Crippen molar-refractivity contribution in [2.75, 3.05) is 6.79 Å². The summed E-state index contributed by atoms with van der Waals surface area (Å²) in [5.74, 6) is 1.47. The Morgan fingerprint density at radius 2 is 1.93 bits per heavy atom. The number of hydrogen-bond donors (Lipinski definition) is 1. The molecule has 27 heavy (non-hydrogen) atoms. The molecular weight excluding hydrogens is 340 g/mol. The maximum atomic E-state index is 12.6. The highest BCUT2D eigenvalue weighted by Crippen LogP contribution is 2.39. The van der Waals surface area contributed by atoms with Gasteiger partial charge < -0.3 is 19.4 Å². The molecule has 1 aromatic heterocycles. The Morgan fingerprint density at radius 3 is 2.74 bits per heavy atom. The van der Waals surface area contributed by atoms with Gasteiger partial charge in [-0.3, -0.25) is 4.79 Å². The third kappa shape index (κ3) is 3.37. The number of aromatic nitrogens is 1. The third-order valence-electron chi connectivity index (χ3n) is 4.94. The number of benzene rings is 2. The first kappa shape index (κ1) is 17.5. The number of carbonyl (C=O) groups is 1. The molecule has 2 heterocycles. The van der Waals surface area contributed by atoms with Gasteiger partial charge in [0.05, 0.1) is 0 Å². The van der Waals surface area contributed by atoms with Gasteiger partial charge in [-0.05, 0) is 43.2 Å². The van der Waals surface area contributed by atoms with E-state index in [-0.39, 0.29) is 24.7 Å². The summed E-state index contributed by atoms with van der Waals surface area (Å²) < 4.78 is 13.1. The number of carbonyl (C=O) groups excluding carboxylic acids is 1. The first-order valence-corrected chi connectivity index (χ1v) is 9.26. The van der Waals surface area contributed by atoms with Gasteiger partial charge in [0, 0.05) is 42.5 Å². The predicted octanol–water partition coefficient (Wildman–Crippen LogP) is 3.95. The Hall–Kier alpha value is -2.95. The quantitative estimate of drug-likeness (QED) is 0.746. The summed E-state index contributed by atoms with van der Waals surface area (Å²) in [6.45, 7) is 4.20. The molecule has 4 rings (SSSR count). The summed E-state index contributed by atoms with van der Waals surface area (Å²) in [7, 11) is 2.04. The van der Waals surface area contributed by atoms with Crippen LogP contribution in [-0.2, 0) is 11.8 Å². The van der Waals surface area contributed by atoms with Gasteiger partial charge in [-0.15, -0.1) is 0 Å². The van der Waals surface area contributed by atoms with E-state index < -0.39 is 0 Å². The second-order valence-electron chi connectivity index (χ2n) is 7.30. The fourth-order valence-electron chi connectivity index (χ4n) is 3.75. The van der Waals surface area contributed by atoms with Crippen LogP contribution < -0.4 is 14.8 Å². The summed E-state index contributed by atoms with van der Waals surface area (Å²) in [5, 5.41) is 4.18. The monoisotopic (exact) mass is 364 g/mol. The van der Waals surface area contributed by atoms with Crippen molar-refractivity contribution in [1.29, 1.82) is 0 Å². The second kappa shape index (κ2) is 6.99. The van der Waals surface area contributed by atoms with Crippen LogP contribution in [0.1, 0.15) is 37.3 Å². The molecule has 5 heteroatoms. The molecule has 1 N–H and O–H groups in total. The minimum absolute atomic E-state index is 0.0422. The Labute approximate surface area is 158 Å². The van der Waals surface area contributed by atoms with Gasteiger partial charge in [0.2, 0.25) is 12.7 Å². The maximum Gasteiger partial charge on any atom is 0.231 e. The van der Waals surface area contributed by atoms with Crippen molar-refractivity contribution >= 4 is 16.8 Å². The summed E-state index contributed by atoms with van der Waals surface area (Å²) >= 11 is 0. The summed E-state index contributed by atoms with van der Waals surface area (Å²) in [6.07, 6.45) is 2.51. The first-order valence-electron chi connectivity index (χ1n) is 9.26. The minimum Gasteiger partial charge on any atom is -0.454 e. The molecule has 1 unspecified atom stereocenters. The Bertz CT molecular complexity index is 990. The molecule has 5 nitrogen and oxygen atoms in total. The number of aryl methyl sites for hydroxylation is 1. The largest absolute Gasteiger partial charge is 0.454 e. The SMILES string of the molecule is CC(C)NC(=O)CC(c1ccc2c(c1)OCO2)c1cn(C)c2ccccc12. The van der Waals surface area contributed by atoms with Gasteiger partial charge in [0.25, 0.3) is 0 Å². The van der Waals surface area contributed by atoms with Crippen LogP contribution in [0.3, 0.4) is 0 Å². The number of nitrogens with one attached hydrogen (secondary N) is 1. The van der Waals surface area contributed by atoms with Crippen molar-refractivity contribution in [3.8, 4) is 11.5 Å². The van der Waals surface area contributed by atoms with E-state index in [1.807, 2.05) is 51.2 Å². The van der Waals surface area contributed by atoms with E-state index in [9.17, 15) is 4.79 Å². The Morgan fingerprint density at radius 1 is 1.15 bits per heavy atom. The summed E-state index contributed by atoms with van der Waals surface area (Å²) in [5.41, 5.74) is 3.35. The molecule has 1 aliphatic rings. The van der Waals surface area contributed by atoms with Crippen molar-refractivity contribution in [2.45, 2.75) is 32.2 Å². The van der Waals surface area contributed by atoms with E-state index >= 15 is 0 Å². The average Bonchev–Trinajstić information content (AvgIpc) is 3.23. The molecule has 3 aromatic rings. The smallest absolute Gasteiger partial charge is 0.231 e. The predicted molar refractivity (Wildman–Crippen MR) is 105 cm³/mol. The van der Waals surface area contributed by atoms with E-state index in [0.29, 0.717) is 6.42 Å². The topological polar surface area (TPSA) is 52.5 Å². The van der Waals surface area contributed by atoms with E-state index in [4.69, 9.17) is 9.47 Å². The standard InChI is InChI=1S/C22H24N2O3/c1-14(2)23-22(25)11-17(15-8-9-20-21(10-15)27-13-26-20)18-12-24(3)19-7-5-4-6-16(18)19/h4-10,12,14,17H,11,13H2,1-3H3,(H,23,25). The lowest BCUT2D eigenvalue weighted by molar-refractivity contribution is -0.121. The number of hydrogen-bond acceptors (Lipinski definition) is 3. The van der Waals surface area contributed by atoms with Crippen molar-refractivity contribution in [3.05, 3.63) is 59.8 Å². The zero-order chi connectivity index (χ0) is 19.0. The minimum atomic E-state index is -0.0654. The average molecular weight is 364 g/mol. The fraction of sp³-hybridized carbons (Fsp3) is 0.318. The van der Waals surface area contributed by atoms with Crippen molar-refractivity contribution in [1.82, 2.24) is 9.88 Å². The summed E-state index contributed by atoms with van der Waals surface area (Å²) in [4.78, 5) is 12.6. The maximum absolute atomic E-state index is 12.6. The lowest BCUT2D eigenvalue weighted by Crippen LogP contribution is -2.31. The number of para-hydroxylation sites is 1. The molecule has 0 spiro atoms. The van der Waals surface area contributed by atoms with Gasteiger partial charge in [-0.25, -0.2) is 0 Å². The van der Waals surface area contributed by atoms with E-state index in [0.717, 1.165) is 28.1 Å². The molecule has 0 saturated carbocycles. The van der Waals surface area contributed by atoms with Crippen LogP contribution in [0.15, 0.2) is 48.7 Å². The molecular formula is C22H24N2O3. The van der Waals surface area contributed by atoms with Gasteiger partial charge in [-0.2, -0.15) is 0 Å². The molecule has 0 bridgehead atoms. The van der Waals surface area contributed by atoms with E-state index in [1.165, 1.54) is 5.39 Å². The van der Waals surface area contributed by atoms with Gasteiger partial charge >= 0.3 is 0 Å². The van der Waals surface area contributed by atoms with Crippen LogP contribution in [0.4, 0.5) is 0 Å². The van der Waals surface area contributed by atoms with Crippen LogP contribution in [0.5, 0.6) is 11.5 Å². The lowest BCUT2D eigenvalue weighted by atomic mass is 9.87. The Kier molecular flexibility index (Phi) is 4.52. The highest BCUT2D eigenvalue weighted by molar-refractivity contribution is 5.86. The van der Waals surface area contributed by atoms with Crippen molar-refractivity contribution in [3.63, 3.8) is 0 Å². The molecule has 0 saturated heterocycles. The first-order chi connectivity index (χ1) is 13.0. The van der Waals surface area contributed by atoms with Gasteiger partial charge in [0.15, 0.2) is 11.5 Å². The van der Waals surface area contributed by atoms with Crippen molar-refractivity contribution < 1.29 is 14.3 Å². The second-order valence-corrected chi connectivity index (χ2v) is 7.30. The molecule has 1 atom stereocenters. The van der Waals surface area contributed by atoms with Crippen LogP contribution in [-0.4, -0.2) is 23.3 Å². The lowest BCUT2D eigenvalue weighted by Gasteiger charge is -2.18. The third-order valence-corrected chi connectivity index (χ3v) is 4.94. The highest BCUT2D eigenvalue weighted by atomic mass is 16.7. The fourth-order valence-corrected chi connectivity index (χ4v) is 3.75. The van der Waals surface area contributed by atoms with Crippen LogP contribution in [0.25, 0.3) is 10.9 Å². The highest BCUT2D eigenvalue weighted by Gasteiger charge is 2.25. The number of ether oxygens (including phenoxy) is 2. The van der Waals surface area contributed by atoms with Crippen molar-refractivity contribution in [2.24, 2.45) is 7.05 Å². The molecule has 0 aliphatic carbocycles. The van der Waals surface area contributed by atoms with Gasteiger partial charge in [0.1, 0.15) is 0 Å². The number of rotatable bonds is 5. The van der Waals surface area contributed by atoms with Crippen LogP contribution >= 0.6 is 0 Å². The van der Waals surface area contributed by atoms with Crippen LogP contribution in [0.2, 0.25) is 0 Å². The zero-order valence-corrected chi connectivity index (χ0v) is 15.9. The molecule has 2 aromatic carbocycles. The normalized spacial score (nSPS) is 13.9. The van der Waals surface area contributed by atoms with E-state index in [1.54, 1.807) is 0 Å². The van der Waals surface area contributed by atoms with Gasteiger partial charge in [-0.1, -0.05) is 24.3 Å². The molecule has 1 amide bonds. The Balaban J connectivity index is 1.79. The molecule has 0 fully saturated rings. The number of nitrogens with zero attached hydrogens (tertiary/aromatic N) is 1. The zero-order valence-electron chi connectivity index (χ0n) is 15.9.